The monoisotopic (exact) mass is 456 g/mol. The van der Waals surface area contributed by atoms with Crippen LogP contribution in [0.15, 0.2) is 23.0 Å². The number of amides is 1. The van der Waals surface area contributed by atoms with Gasteiger partial charge in [0.05, 0.1) is 36.8 Å². The molecule has 0 unspecified atom stereocenters. The molecule has 1 aliphatic rings. The number of aromatic hydroxyl groups is 1. The van der Waals surface area contributed by atoms with E-state index in [9.17, 15) is 19.1 Å². The maximum atomic E-state index is 14.0. The average Bonchev–Trinajstić information content (AvgIpc) is 3.01. The SMILES string of the molecule is Cc1nnn(-c2cc(F)ccc2CNC(=O)c2nc3n(c(=O)c2O)CCOCC3(C)C)c1C. The number of fused-ring (bicyclic) bond motifs is 1. The molecule has 3 heterocycles. The third-order valence-electron chi connectivity index (χ3n) is 5.73. The van der Waals surface area contributed by atoms with E-state index in [0.717, 1.165) is 5.69 Å². The maximum absolute atomic E-state index is 14.0. The molecule has 0 saturated heterocycles. The molecule has 2 aromatic heterocycles. The molecular weight excluding hydrogens is 431 g/mol. The fourth-order valence-electron chi connectivity index (χ4n) is 3.75. The van der Waals surface area contributed by atoms with Gasteiger partial charge >= 0.3 is 0 Å². The van der Waals surface area contributed by atoms with Gasteiger partial charge in [0.25, 0.3) is 11.5 Å². The summed E-state index contributed by atoms with van der Waals surface area (Å²) in [5.74, 6) is -1.55. The van der Waals surface area contributed by atoms with Gasteiger partial charge in [0.2, 0.25) is 5.75 Å². The van der Waals surface area contributed by atoms with Crippen LogP contribution in [0.25, 0.3) is 5.69 Å². The van der Waals surface area contributed by atoms with E-state index in [1.807, 2.05) is 13.8 Å². The number of benzene rings is 1. The van der Waals surface area contributed by atoms with Crippen molar-refractivity contribution in [3.63, 3.8) is 0 Å². The lowest BCUT2D eigenvalue weighted by molar-refractivity contribution is 0.0939. The van der Waals surface area contributed by atoms with Crippen LogP contribution in [0.4, 0.5) is 4.39 Å². The van der Waals surface area contributed by atoms with Crippen LogP contribution in [-0.4, -0.2) is 48.8 Å². The summed E-state index contributed by atoms with van der Waals surface area (Å²) in [4.78, 5) is 30.0. The Morgan fingerprint density at radius 2 is 2.09 bits per heavy atom. The number of carbonyl (C=O) groups excluding carboxylic acids is 1. The summed E-state index contributed by atoms with van der Waals surface area (Å²) in [5.41, 5.74) is 0.724. The molecule has 1 aliphatic heterocycles. The molecule has 0 atom stereocenters. The molecule has 4 rings (SSSR count). The van der Waals surface area contributed by atoms with Crippen LogP contribution in [0, 0.1) is 19.7 Å². The summed E-state index contributed by atoms with van der Waals surface area (Å²) in [6.07, 6.45) is 0. The summed E-state index contributed by atoms with van der Waals surface area (Å²) in [5, 5.41) is 21.1. The van der Waals surface area contributed by atoms with Gasteiger partial charge in [0.15, 0.2) is 5.69 Å². The highest BCUT2D eigenvalue weighted by Gasteiger charge is 2.32. The third-order valence-corrected chi connectivity index (χ3v) is 5.73. The Balaban J connectivity index is 1.66. The highest BCUT2D eigenvalue weighted by Crippen LogP contribution is 2.25. The van der Waals surface area contributed by atoms with Gasteiger partial charge in [0.1, 0.15) is 11.6 Å². The minimum Gasteiger partial charge on any atom is -0.501 e. The van der Waals surface area contributed by atoms with Crippen molar-refractivity contribution >= 4 is 5.91 Å². The number of ether oxygens (including phenoxy) is 1. The zero-order valence-electron chi connectivity index (χ0n) is 18.8. The topological polar surface area (TPSA) is 124 Å². The molecule has 0 bridgehead atoms. The zero-order valence-corrected chi connectivity index (χ0v) is 18.8. The van der Waals surface area contributed by atoms with E-state index in [2.05, 4.69) is 20.6 Å². The van der Waals surface area contributed by atoms with Gasteiger partial charge < -0.3 is 15.2 Å². The van der Waals surface area contributed by atoms with E-state index in [1.54, 1.807) is 13.8 Å². The summed E-state index contributed by atoms with van der Waals surface area (Å²) < 4.78 is 22.3. The molecular formula is C22H25FN6O4. The third kappa shape index (κ3) is 4.11. The van der Waals surface area contributed by atoms with E-state index in [-0.39, 0.29) is 18.8 Å². The van der Waals surface area contributed by atoms with Crippen LogP contribution in [0.1, 0.15) is 47.1 Å². The van der Waals surface area contributed by atoms with E-state index in [1.165, 1.54) is 27.4 Å². The average molecular weight is 456 g/mol. The van der Waals surface area contributed by atoms with Crippen LogP contribution in [0.5, 0.6) is 5.75 Å². The van der Waals surface area contributed by atoms with E-state index in [0.29, 0.717) is 36.0 Å². The minimum atomic E-state index is -0.726. The number of halogens is 1. The zero-order chi connectivity index (χ0) is 23.9. The Labute approximate surface area is 189 Å². The maximum Gasteiger partial charge on any atom is 0.296 e. The highest BCUT2D eigenvalue weighted by molar-refractivity contribution is 5.94. The number of nitrogens with zero attached hydrogens (tertiary/aromatic N) is 5. The van der Waals surface area contributed by atoms with Gasteiger partial charge in [-0.3, -0.25) is 14.2 Å². The highest BCUT2D eigenvalue weighted by atomic mass is 19.1. The second-order valence-electron chi connectivity index (χ2n) is 8.65. The van der Waals surface area contributed by atoms with Crippen LogP contribution < -0.4 is 10.9 Å². The second-order valence-corrected chi connectivity index (χ2v) is 8.65. The first-order valence-electron chi connectivity index (χ1n) is 10.5. The Kier molecular flexibility index (Phi) is 5.75. The van der Waals surface area contributed by atoms with Crippen LogP contribution in [0.2, 0.25) is 0 Å². The van der Waals surface area contributed by atoms with E-state index >= 15 is 0 Å². The predicted molar refractivity (Wildman–Crippen MR) is 116 cm³/mol. The predicted octanol–water partition coefficient (Wildman–Crippen LogP) is 1.52. The molecule has 33 heavy (non-hydrogen) atoms. The number of hydrogen-bond donors (Lipinski definition) is 2. The summed E-state index contributed by atoms with van der Waals surface area (Å²) >= 11 is 0. The van der Waals surface area contributed by atoms with Crippen molar-refractivity contribution in [1.82, 2.24) is 29.9 Å². The quantitative estimate of drug-likeness (QED) is 0.610. The fraction of sp³-hybridized carbons (Fsp3) is 0.409. The smallest absolute Gasteiger partial charge is 0.296 e. The summed E-state index contributed by atoms with van der Waals surface area (Å²) in [6.45, 7) is 8.13. The Morgan fingerprint density at radius 3 is 2.79 bits per heavy atom. The van der Waals surface area contributed by atoms with Gasteiger partial charge in [-0.1, -0.05) is 25.1 Å². The molecule has 10 nitrogen and oxygen atoms in total. The van der Waals surface area contributed by atoms with Gasteiger partial charge in [-0.15, -0.1) is 5.10 Å². The van der Waals surface area contributed by atoms with Crippen LogP contribution >= 0.6 is 0 Å². The molecule has 1 aromatic carbocycles. The van der Waals surface area contributed by atoms with Crippen molar-refractivity contribution in [2.45, 2.75) is 46.2 Å². The summed E-state index contributed by atoms with van der Waals surface area (Å²) in [6, 6.07) is 4.10. The van der Waals surface area contributed by atoms with E-state index < -0.39 is 28.4 Å². The number of hydrogen-bond acceptors (Lipinski definition) is 7. The lowest BCUT2D eigenvalue weighted by atomic mass is 9.93. The van der Waals surface area contributed by atoms with Crippen LogP contribution in [-0.2, 0) is 23.2 Å². The molecule has 0 aliphatic carbocycles. The largest absolute Gasteiger partial charge is 0.501 e. The number of carbonyl (C=O) groups is 1. The van der Waals surface area contributed by atoms with Crippen molar-refractivity contribution in [2.75, 3.05) is 13.2 Å². The van der Waals surface area contributed by atoms with Crippen molar-refractivity contribution in [3.05, 3.63) is 62.8 Å². The number of rotatable bonds is 4. The minimum absolute atomic E-state index is 0.0150. The molecule has 0 fully saturated rings. The lowest BCUT2D eigenvalue weighted by Crippen LogP contribution is -2.36. The van der Waals surface area contributed by atoms with Crippen molar-refractivity contribution in [2.24, 2.45) is 0 Å². The number of nitrogens with one attached hydrogen (secondary N) is 1. The molecule has 3 aromatic rings. The van der Waals surface area contributed by atoms with Gasteiger partial charge in [0, 0.05) is 12.0 Å². The van der Waals surface area contributed by atoms with Gasteiger partial charge in [-0.2, -0.15) is 0 Å². The normalized spacial score (nSPS) is 15.1. The number of aromatic nitrogens is 5. The van der Waals surface area contributed by atoms with Crippen molar-refractivity contribution in [3.8, 4) is 11.4 Å². The molecule has 0 spiro atoms. The van der Waals surface area contributed by atoms with Crippen molar-refractivity contribution in [1.29, 1.82) is 0 Å². The van der Waals surface area contributed by atoms with Crippen molar-refractivity contribution < 1.29 is 19.0 Å². The van der Waals surface area contributed by atoms with Gasteiger partial charge in [-0.05, 0) is 31.5 Å². The summed E-state index contributed by atoms with van der Waals surface area (Å²) in [7, 11) is 0. The fourth-order valence-corrected chi connectivity index (χ4v) is 3.75. The molecule has 0 radical (unpaired) electrons. The Bertz CT molecular complexity index is 1300. The molecule has 11 heteroatoms. The number of aryl methyl sites for hydroxylation is 1. The molecule has 2 N–H and O–H groups in total. The first kappa shape index (κ1) is 22.6. The first-order valence-corrected chi connectivity index (χ1v) is 10.5. The molecule has 1 amide bonds. The molecule has 0 saturated carbocycles. The lowest BCUT2D eigenvalue weighted by Gasteiger charge is -2.24. The van der Waals surface area contributed by atoms with Crippen LogP contribution in [0.3, 0.4) is 0 Å². The first-order chi connectivity index (χ1) is 15.6. The standard InChI is InChI=1S/C22H25FN6O4/c1-12-13(2)29(27-26-12)16-9-15(23)6-5-14(16)10-24-19(31)17-18(30)20(32)28-7-8-33-11-22(3,4)21(28)25-17/h5-6,9,30H,7-8,10-11H2,1-4H3,(H,24,31). The Morgan fingerprint density at radius 1 is 1.33 bits per heavy atom. The second kappa shape index (κ2) is 8.39. The van der Waals surface area contributed by atoms with E-state index in [4.69, 9.17) is 4.74 Å². The Hall–Kier alpha value is -3.60. The molecule has 174 valence electrons. The van der Waals surface area contributed by atoms with Gasteiger partial charge in [-0.25, -0.2) is 14.1 Å².